The molecule has 0 bridgehead atoms. The van der Waals surface area contributed by atoms with Gasteiger partial charge in [-0.1, -0.05) is 0 Å². The van der Waals surface area contributed by atoms with E-state index in [4.69, 9.17) is 5.73 Å². The smallest absolute Gasteiger partial charge is 0.338 e. The molecule has 0 aromatic heterocycles. The summed E-state index contributed by atoms with van der Waals surface area (Å²) in [6.07, 6.45) is 0.609. The van der Waals surface area contributed by atoms with Crippen molar-refractivity contribution in [1.29, 1.82) is 0 Å². The van der Waals surface area contributed by atoms with E-state index in [2.05, 4.69) is 4.74 Å². The van der Waals surface area contributed by atoms with Crippen LogP contribution in [0.5, 0.6) is 0 Å². The molecule has 0 heterocycles. The van der Waals surface area contributed by atoms with E-state index in [9.17, 15) is 9.59 Å². The zero-order valence-corrected chi connectivity index (χ0v) is 8.03. The van der Waals surface area contributed by atoms with E-state index >= 15 is 0 Å². The summed E-state index contributed by atoms with van der Waals surface area (Å²) in [7, 11) is 1.27. The van der Waals surface area contributed by atoms with Crippen molar-refractivity contribution < 1.29 is 14.3 Å². The molecule has 1 rings (SSSR count). The summed E-state index contributed by atoms with van der Waals surface area (Å²) < 4.78 is 4.53. The third-order valence-electron chi connectivity index (χ3n) is 2.08. The van der Waals surface area contributed by atoms with Gasteiger partial charge >= 0.3 is 5.97 Å². The maximum Gasteiger partial charge on any atom is 0.338 e. The minimum Gasteiger partial charge on any atom is -0.465 e. The van der Waals surface area contributed by atoms with Crippen LogP contribution in [-0.4, -0.2) is 19.4 Å². The second-order valence-corrected chi connectivity index (χ2v) is 2.85. The fourth-order valence-electron chi connectivity index (χ4n) is 1.19. The molecule has 0 fully saturated rings. The normalized spacial score (nSPS) is 9.57. The number of nitrogens with two attached hydrogens (primary N) is 1. The number of ether oxygens (including phenoxy) is 1. The predicted octanol–water partition coefficient (Wildman–Crippen LogP) is 1.18. The average Bonchev–Trinajstić information content (AvgIpc) is 2.20. The first-order valence-electron chi connectivity index (χ1n) is 4.04. The lowest BCUT2D eigenvalue weighted by Crippen LogP contribution is -2.08. The summed E-state index contributed by atoms with van der Waals surface area (Å²) in [5.74, 6) is -0.532. The number of benzene rings is 1. The monoisotopic (exact) mass is 193 g/mol. The van der Waals surface area contributed by atoms with E-state index in [0.29, 0.717) is 17.5 Å². The van der Waals surface area contributed by atoms with Crippen molar-refractivity contribution >= 4 is 17.9 Å². The zero-order valence-electron chi connectivity index (χ0n) is 8.03. The van der Waals surface area contributed by atoms with E-state index in [0.717, 1.165) is 0 Å². The minimum absolute atomic E-state index is 0.245. The summed E-state index contributed by atoms with van der Waals surface area (Å²) in [6, 6.07) is 3.06. The Morgan fingerprint density at radius 1 is 1.50 bits per heavy atom. The standard InChI is InChI=1S/C10H11NO3/c1-6-8(5-12)7(10(13)14-2)3-4-9(6)11/h3-5H,11H2,1-2H3. The molecule has 14 heavy (non-hydrogen) atoms. The van der Waals surface area contributed by atoms with Crippen molar-refractivity contribution in [2.24, 2.45) is 0 Å². The largest absolute Gasteiger partial charge is 0.465 e. The SMILES string of the molecule is COC(=O)c1ccc(N)c(C)c1C=O. The average molecular weight is 193 g/mol. The van der Waals surface area contributed by atoms with Gasteiger partial charge in [-0.05, 0) is 24.6 Å². The Labute approximate surface area is 81.7 Å². The number of carbonyl (C=O) groups excluding carboxylic acids is 2. The fourth-order valence-corrected chi connectivity index (χ4v) is 1.19. The van der Waals surface area contributed by atoms with Gasteiger partial charge in [-0.2, -0.15) is 0 Å². The van der Waals surface area contributed by atoms with Gasteiger partial charge in [0, 0.05) is 11.3 Å². The maximum absolute atomic E-state index is 11.2. The first-order valence-corrected chi connectivity index (χ1v) is 4.04. The quantitative estimate of drug-likeness (QED) is 0.435. The number of rotatable bonds is 2. The molecule has 0 saturated heterocycles. The van der Waals surface area contributed by atoms with E-state index in [1.54, 1.807) is 13.0 Å². The number of hydrogen-bond donors (Lipinski definition) is 1. The van der Waals surface area contributed by atoms with Gasteiger partial charge in [0.1, 0.15) is 0 Å². The topological polar surface area (TPSA) is 69.4 Å². The van der Waals surface area contributed by atoms with Gasteiger partial charge in [-0.25, -0.2) is 4.79 Å². The maximum atomic E-state index is 11.2. The van der Waals surface area contributed by atoms with Gasteiger partial charge < -0.3 is 10.5 Å². The Balaban J connectivity index is 3.38. The van der Waals surface area contributed by atoms with Crippen LogP contribution in [-0.2, 0) is 4.74 Å². The summed E-state index contributed by atoms with van der Waals surface area (Å²) in [5.41, 5.74) is 7.21. The molecule has 0 spiro atoms. The molecule has 4 nitrogen and oxygen atoms in total. The molecule has 2 N–H and O–H groups in total. The second kappa shape index (κ2) is 3.91. The highest BCUT2D eigenvalue weighted by atomic mass is 16.5. The second-order valence-electron chi connectivity index (χ2n) is 2.85. The van der Waals surface area contributed by atoms with Crippen LogP contribution in [0, 0.1) is 6.92 Å². The van der Waals surface area contributed by atoms with Crippen LogP contribution in [0.25, 0.3) is 0 Å². The summed E-state index contributed by atoms with van der Waals surface area (Å²) in [4.78, 5) is 22.0. The Morgan fingerprint density at radius 3 is 2.64 bits per heavy atom. The van der Waals surface area contributed by atoms with Crippen molar-refractivity contribution in [3.05, 3.63) is 28.8 Å². The lowest BCUT2D eigenvalue weighted by Gasteiger charge is -2.07. The summed E-state index contributed by atoms with van der Waals surface area (Å²) in [5, 5.41) is 0. The van der Waals surface area contributed by atoms with Gasteiger partial charge in [0.05, 0.1) is 12.7 Å². The Hall–Kier alpha value is -1.84. The van der Waals surface area contributed by atoms with Crippen LogP contribution < -0.4 is 5.73 Å². The van der Waals surface area contributed by atoms with Crippen LogP contribution in [0.4, 0.5) is 5.69 Å². The summed E-state index contributed by atoms with van der Waals surface area (Å²) >= 11 is 0. The van der Waals surface area contributed by atoms with Crippen molar-refractivity contribution in [3.63, 3.8) is 0 Å². The lowest BCUT2D eigenvalue weighted by atomic mass is 10.0. The molecule has 0 aliphatic rings. The van der Waals surface area contributed by atoms with Crippen LogP contribution in [0.15, 0.2) is 12.1 Å². The molecule has 1 aromatic carbocycles. The molecule has 0 unspecified atom stereocenters. The summed E-state index contributed by atoms with van der Waals surface area (Å²) in [6.45, 7) is 1.69. The number of anilines is 1. The minimum atomic E-state index is -0.532. The van der Waals surface area contributed by atoms with Crippen molar-refractivity contribution in [2.45, 2.75) is 6.92 Å². The first kappa shape index (κ1) is 10.2. The van der Waals surface area contributed by atoms with Crippen LogP contribution in [0.3, 0.4) is 0 Å². The fraction of sp³-hybridized carbons (Fsp3) is 0.200. The van der Waals surface area contributed by atoms with E-state index in [1.165, 1.54) is 13.2 Å². The van der Waals surface area contributed by atoms with Crippen molar-refractivity contribution in [1.82, 2.24) is 0 Å². The Kier molecular flexibility index (Phi) is 2.86. The van der Waals surface area contributed by atoms with Gasteiger partial charge in [-0.15, -0.1) is 0 Å². The number of methoxy groups -OCH3 is 1. The molecule has 0 atom stereocenters. The van der Waals surface area contributed by atoms with Gasteiger partial charge in [0.2, 0.25) is 0 Å². The molecule has 1 aromatic rings. The molecule has 0 saturated carbocycles. The third-order valence-corrected chi connectivity index (χ3v) is 2.08. The molecule has 0 aliphatic carbocycles. The highest BCUT2D eigenvalue weighted by Crippen LogP contribution is 2.19. The lowest BCUT2D eigenvalue weighted by molar-refractivity contribution is 0.0598. The zero-order chi connectivity index (χ0) is 10.7. The molecule has 4 heteroatoms. The number of nitrogen functional groups attached to an aromatic ring is 1. The first-order chi connectivity index (χ1) is 6.61. The van der Waals surface area contributed by atoms with Gasteiger partial charge in [-0.3, -0.25) is 4.79 Å². The number of hydrogen-bond acceptors (Lipinski definition) is 4. The number of esters is 1. The third kappa shape index (κ3) is 1.59. The van der Waals surface area contributed by atoms with E-state index in [-0.39, 0.29) is 11.1 Å². The van der Waals surface area contributed by atoms with Gasteiger partial charge in [0.15, 0.2) is 6.29 Å². The van der Waals surface area contributed by atoms with Crippen LogP contribution >= 0.6 is 0 Å². The predicted molar refractivity (Wildman–Crippen MR) is 52.3 cm³/mol. The molecule has 0 amide bonds. The Morgan fingerprint density at radius 2 is 2.14 bits per heavy atom. The molecular weight excluding hydrogens is 182 g/mol. The van der Waals surface area contributed by atoms with Crippen molar-refractivity contribution in [3.8, 4) is 0 Å². The molecule has 0 radical (unpaired) electrons. The van der Waals surface area contributed by atoms with E-state index < -0.39 is 5.97 Å². The van der Waals surface area contributed by atoms with Crippen molar-refractivity contribution in [2.75, 3.05) is 12.8 Å². The Bertz CT molecular complexity index is 385. The molecular formula is C10H11NO3. The van der Waals surface area contributed by atoms with Crippen LogP contribution in [0.2, 0.25) is 0 Å². The highest BCUT2D eigenvalue weighted by Gasteiger charge is 2.14. The number of aldehydes is 1. The van der Waals surface area contributed by atoms with Crippen LogP contribution in [0.1, 0.15) is 26.3 Å². The van der Waals surface area contributed by atoms with Gasteiger partial charge in [0.25, 0.3) is 0 Å². The van der Waals surface area contributed by atoms with E-state index in [1.807, 2.05) is 0 Å². The molecule has 0 aliphatic heterocycles. The number of carbonyl (C=O) groups is 2. The molecule has 74 valence electrons. The highest BCUT2D eigenvalue weighted by molar-refractivity contribution is 6.00.